The van der Waals surface area contributed by atoms with Gasteiger partial charge >= 0.3 is 5.97 Å². The Morgan fingerprint density at radius 1 is 1.40 bits per heavy atom. The number of nitrogens with zero attached hydrogens (tertiary/aromatic N) is 1. The van der Waals surface area contributed by atoms with E-state index in [0.29, 0.717) is 9.23 Å². The molecule has 132 valence electrons. The number of nitrogens with one attached hydrogen (secondary N) is 1. The van der Waals surface area contributed by atoms with Gasteiger partial charge in [0.1, 0.15) is 10.4 Å². The zero-order valence-electron chi connectivity index (χ0n) is 13.2. The number of carboxylic acid groups (broad SMARTS) is 1. The Morgan fingerprint density at radius 3 is 2.64 bits per heavy atom. The third-order valence-corrected chi connectivity index (χ3v) is 5.26. The van der Waals surface area contributed by atoms with Crippen LogP contribution < -0.4 is 5.32 Å². The summed E-state index contributed by atoms with van der Waals surface area (Å²) < 4.78 is 1.33. The van der Waals surface area contributed by atoms with Crippen LogP contribution >= 0.6 is 39.9 Å². The summed E-state index contributed by atoms with van der Waals surface area (Å²) in [6.07, 6.45) is 1.73. The minimum atomic E-state index is -1.11. The largest absolute Gasteiger partial charge is 0.480 e. The fourth-order valence-corrected chi connectivity index (χ4v) is 3.56. The van der Waals surface area contributed by atoms with Gasteiger partial charge in [0, 0.05) is 17.4 Å². The van der Waals surface area contributed by atoms with Gasteiger partial charge in [-0.2, -0.15) is 0 Å². The first-order valence-electron chi connectivity index (χ1n) is 7.31. The van der Waals surface area contributed by atoms with Crippen LogP contribution in [0.1, 0.15) is 18.9 Å². The Labute approximate surface area is 162 Å². The second kappa shape index (κ2) is 8.59. The Hall–Kier alpha value is -1.71. The number of hydrogen-bond donors (Lipinski definition) is 2. The van der Waals surface area contributed by atoms with E-state index in [1.807, 2.05) is 24.3 Å². The Morgan fingerprint density at radius 2 is 2.04 bits per heavy atom. The Balaban J connectivity index is 1.98. The van der Waals surface area contributed by atoms with Crippen LogP contribution in [0.5, 0.6) is 0 Å². The number of rotatable bonds is 6. The van der Waals surface area contributed by atoms with Gasteiger partial charge in [-0.3, -0.25) is 19.3 Å². The quantitative estimate of drug-likeness (QED) is 0.520. The Bertz CT molecular complexity index is 749. The summed E-state index contributed by atoms with van der Waals surface area (Å²) >= 11 is 9.74. The van der Waals surface area contributed by atoms with E-state index in [2.05, 4.69) is 21.2 Å². The molecule has 2 rings (SSSR count). The average Bonchev–Trinajstić information content (AvgIpc) is 2.81. The highest BCUT2D eigenvalue weighted by Gasteiger charge is 2.32. The fourth-order valence-electron chi connectivity index (χ4n) is 1.99. The predicted octanol–water partition coefficient (Wildman–Crippen LogP) is 2.63. The standard InChI is InChI=1S/C16H15BrN2O4S2/c1-9(15(22)23)18-13(20)6-7-19-14(21)12(25-16(19)24)8-10-2-4-11(17)5-3-10/h2-5,8-9H,6-7H2,1H3,(H,18,20)(H,22,23)/b12-8-. The molecule has 9 heteroatoms. The smallest absolute Gasteiger partial charge is 0.325 e. The van der Waals surface area contributed by atoms with Crippen molar-refractivity contribution in [1.82, 2.24) is 10.2 Å². The van der Waals surface area contributed by atoms with Crippen LogP contribution in [-0.2, 0) is 14.4 Å². The minimum absolute atomic E-state index is 0.0182. The highest BCUT2D eigenvalue weighted by Crippen LogP contribution is 2.32. The lowest BCUT2D eigenvalue weighted by atomic mass is 10.2. The van der Waals surface area contributed by atoms with Crippen LogP contribution in [-0.4, -0.2) is 44.7 Å². The first-order chi connectivity index (χ1) is 11.8. The Kier molecular flexibility index (Phi) is 6.74. The molecule has 1 unspecified atom stereocenters. The minimum Gasteiger partial charge on any atom is -0.480 e. The van der Waals surface area contributed by atoms with Gasteiger partial charge in [-0.05, 0) is 30.7 Å². The average molecular weight is 443 g/mol. The van der Waals surface area contributed by atoms with Crippen molar-refractivity contribution in [2.24, 2.45) is 0 Å². The number of carboxylic acids is 1. The van der Waals surface area contributed by atoms with Crippen molar-refractivity contribution in [1.29, 1.82) is 0 Å². The molecule has 0 aromatic heterocycles. The molecule has 25 heavy (non-hydrogen) atoms. The topological polar surface area (TPSA) is 86.7 Å². The normalized spacial score (nSPS) is 17.0. The molecule has 0 bridgehead atoms. The monoisotopic (exact) mass is 442 g/mol. The molecule has 0 aliphatic carbocycles. The number of amides is 2. The number of benzene rings is 1. The van der Waals surface area contributed by atoms with Crippen LogP contribution in [0.2, 0.25) is 0 Å². The zero-order valence-corrected chi connectivity index (χ0v) is 16.4. The number of hydrogen-bond acceptors (Lipinski definition) is 5. The summed E-state index contributed by atoms with van der Waals surface area (Å²) in [5, 5.41) is 11.1. The molecule has 0 spiro atoms. The highest BCUT2D eigenvalue weighted by molar-refractivity contribution is 9.10. The fraction of sp³-hybridized carbons (Fsp3) is 0.250. The molecular weight excluding hydrogens is 428 g/mol. The molecule has 0 saturated carbocycles. The van der Waals surface area contributed by atoms with E-state index < -0.39 is 17.9 Å². The maximum absolute atomic E-state index is 12.4. The molecule has 1 aromatic carbocycles. The van der Waals surface area contributed by atoms with Crippen molar-refractivity contribution in [3.63, 3.8) is 0 Å². The molecule has 1 fully saturated rings. The van der Waals surface area contributed by atoms with E-state index >= 15 is 0 Å². The van der Waals surface area contributed by atoms with E-state index in [-0.39, 0.29) is 18.9 Å². The molecule has 1 aliphatic heterocycles. The number of thioether (sulfide) groups is 1. The van der Waals surface area contributed by atoms with Crippen molar-refractivity contribution in [2.45, 2.75) is 19.4 Å². The second-order valence-electron chi connectivity index (χ2n) is 5.26. The third kappa shape index (κ3) is 5.38. The number of carbonyl (C=O) groups is 3. The summed E-state index contributed by atoms with van der Waals surface area (Å²) in [7, 11) is 0. The van der Waals surface area contributed by atoms with Gasteiger partial charge < -0.3 is 10.4 Å². The van der Waals surface area contributed by atoms with E-state index in [0.717, 1.165) is 10.0 Å². The molecule has 0 radical (unpaired) electrons. The lowest BCUT2D eigenvalue weighted by Gasteiger charge is -2.15. The predicted molar refractivity (Wildman–Crippen MR) is 104 cm³/mol. The van der Waals surface area contributed by atoms with Gasteiger partial charge in [-0.15, -0.1) is 0 Å². The highest BCUT2D eigenvalue weighted by atomic mass is 79.9. The maximum atomic E-state index is 12.4. The first kappa shape index (κ1) is 19.6. The van der Waals surface area contributed by atoms with Gasteiger partial charge in [0.25, 0.3) is 5.91 Å². The van der Waals surface area contributed by atoms with Crippen LogP contribution in [0.4, 0.5) is 0 Å². The lowest BCUT2D eigenvalue weighted by molar-refractivity contribution is -0.141. The van der Waals surface area contributed by atoms with E-state index in [4.69, 9.17) is 17.3 Å². The van der Waals surface area contributed by atoms with Crippen LogP contribution in [0.25, 0.3) is 6.08 Å². The van der Waals surface area contributed by atoms with E-state index in [9.17, 15) is 14.4 Å². The van der Waals surface area contributed by atoms with Crippen LogP contribution in [0, 0.1) is 0 Å². The molecule has 2 amide bonds. The van der Waals surface area contributed by atoms with Crippen LogP contribution in [0.3, 0.4) is 0 Å². The molecule has 1 aliphatic rings. The summed E-state index contributed by atoms with van der Waals surface area (Å²) in [6.45, 7) is 1.49. The molecule has 1 aromatic rings. The summed E-state index contributed by atoms with van der Waals surface area (Å²) in [6, 6.07) is 6.52. The molecule has 1 saturated heterocycles. The van der Waals surface area contributed by atoms with Crippen molar-refractivity contribution in [3.05, 3.63) is 39.2 Å². The van der Waals surface area contributed by atoms with Crippen molar-refractivity contribution in [3.8, 4) is 0 Å². The van der Waals surface area contributed by atoms with Crippen molar-refractivity contribution in [2.75, 3.05) is 6.54 Å². The number of carbonyl (C=O) groups excluding carboxylic acids is 2. The van der Waals surface area contributed by atoms with Gasteiger partial charge in [0.15, 0.2) is 0 Å². The maximum Gasteiger partial charge on any atom is 0.325 e. The molecular formula is C16H15BrN2O4S2. The summed E-state index contributed by atoms with van der Waals surface area (Å²) in [5.41, 5.74) is 0.872. The third-order valence-electron chi connectivity index (χ3n) is 3.35. The first-order valence-corrected chi connectivity index (χ1v) is 9.33. The molecule has 1 heterocycles. The number of thiocarbonyl (C=S) groups is 1. The van der Waals surface area contributed by atoms with E-state index in [1.54, 1.807) is 6.08 Å². The molecule has 2 N–H and O–H groups in total. The summed E-state index contributed by atoms with van der Waals surface area (Å²) in [5.74, 6) is -1.81. The van der Waals surface area contributed by atoms with E-state index in [1.165, 1.54) is 23.6 Å². The second-order valence-corrected chi connectivity index (χ2v) is 7.85. The van der Waals surface area contributed by atoms with Crippen LogP contribution in [0.15, 0.2) is 33.6 Å². The van der Waals surface area contributed by atoms with Gasteiger partial charge in [0.05, 0.1) is 4.91 Å². The molecule has 1 atom stereocenters. The van der Waals surface area contributed by atoms with Gasteiger partial charge in [0.2, 0.25) is 5.91 Å². The zero-order chi connectivity index (χ0) is 18.6. The SMILES string of the molecule is CC(NC(=O)CCN1C(=O)/C(=C/c2ccc(Br)cc2)SC1=S)C(=O)O. The van der Waals surface area contributed by atoms with Crippen molar-refractivity contribution >= 4 is 68.1 Å². The lowest BCUT2D eigenvalue weighted by Crippen LogP contribution is -2.40. The summed E-state index contributed by atoms with van der Waals surface area (Å²) in [4.78, 5) is 36.8. The van der Waals surface area contributed by atoms with Gasteiger partial charge in [-0.25, -0.2) is 0 Å². The number of halogens is 1. The van der Waals surface area contributed by atoms with Crippen molar-refractivity contribution < 1.29 is 19.5 Å². The van der Waals surface area contributed by atoms with Gasteiger partial charge in [-0.1, -0.05) is 52.0 Å². The molecule has 6 nitrogen and oxygen atoms in total. The number of aliphatic carboxylic acids is 1.